The summed E-state index contributed by atoms with van der Waals surface area (Å²) < 4.78 is 5.96. The highest BCUT2D eigenvalue weighted by Crippen LogP contribution is 2.51. The summed E-state index contributed by atoms with van der Waals surface area (Å²) >= 11 is 0. The zero-order chi connectivity index (χ0) is 24.1. The fourth-order valence-corrected chi connectivity index (χ4v) is 5.06. The summed E-state index contributed by atoms with van der Waals surface area (Å²) in [5.41, 5.74) is 4.64. The van der Waals surface area contributed by atoms with Crippen LogP contribution in [0.4, 0.5) is 11.4 Å². The van der Waals surface area contributed by atoms with Crippen molar-refractivity contribution in [3.05, 3.63) is 125 Å². The quantitative estimate of drug-likeness (QED) is 0.260. The normalized spacial score (nSPS) is 13.7. The predicted octanol–water partition coefficient (Wildman–Crippen LogP) is 7.58. The van der Waals surface area contributed by atoms with Crippen molar-refractivity contribution in [3.8, 4) is 5.75 Å². The Kier molecular flexibility index (Phi) is 6.87. The molecule has 3 heteroatoms. The molecule has 0 unspecified atom stereocenters. The number of para-hydroxylation sites is 2. The molecule has 1 heterocycles. The summed E-state index contributed by atoms with van der Waals surface area (Å²) in [7, 11) is 0. The molecular formula is C32H33NO2. The third kappa shape index (κ3) is 4.56. The average molecular weight is 464 g/mol. The van der Waals surface area contributed by atoms with Gasteiger partial charge in [0.05, 0.1) is 6.61 Å². The number of benzene rings is 4. The minimum atomic E-state index is -1.25. The molecule has 1 N–H and O–H groups in total. The van der Waals surface area contributed by atoms with E-state index >= 15 is 0 Å². The molecule has 0 fully saturated rings. The van der Waals surface area contributed by atoms with Crippen molar-refractivity contribution in [1.29, 1.82) is 0 Å². The topological polar surface area (TPSA) is 32.7 Å². The Balaban J connectivity index is 1.50. The Morgan fingerprint density at radius 1 is 0.686 bits per heavy atom. The minimum Gasteiger partial charge on any atom is -0.494 e. The van der Waals surface area contributed by atoms with Crippen molar-refractivity contribution in [3.63, 3.8) is 0 Å². The van der Waals surface area contributed by atoms with E-state index in [1.807, 2.05) is 66.7 Å². The first-order valence-electron chi connectivity index (χ1n) is 12.7. The molecule has 35 heavy (non-hydrogen) atoms. The van der Waals surface area contributed by atoms with Crippen molar-refractivity contribution in [2.24, 2.45) is 0 Å². The Morgan fingerprint density at radius 2 is 1.29 bits per heavy atom. The van der Waals surface area contributed by atoms with Crippen LogP contribution in [-0.2, 0) is 12.1 Å². The van der Waals surface area contributed by atoms with Crippen LogP contribution in [0.25, 0.3) is 0 Å². The van der Waals surface area contributed by atoms with Crippen LogP contribution in [0.3, 0.4) is 0 Å². The Morgan fingerprint density at radius 3 is 1.91 bits per heavy atom. The van der Waals surface area contributed by atoms with Gasteiger partial charge in [0.1, 0.15) is 11.4 Å². The molecule has 5 rings (SSSR count). The van der Waals surface area contributed by atoms with E-state index < -0.39 is 5.60 Å². The van der Waals surface area contributed by atoms with E-state index in [1.54, 1.807) is 0 Å². The first-order valence-corrected chi connectivity index (χ1v) is 12.7. The molecule has 1 aliphatic heterocycles. The van der Waals surface area contributed by atoms with Gasteiger partial charge in [-0.1, -0.05) is 105 Å². The molecule has 178 valence electrons. The SMILES string of the molecule is CCCCCCOc1ccc(C2(O)c3ccccc3N(Cc3ccccc3)c3ccccc32)cc1. The smallest absolute Gasteiger partial charge is 0.144 e. The maximum Gasteiger partial charge on any atom is 0.144 e. The lowest BCUT2D eigenvalue weighted by Gasteiger charge is -2.43. The van der Waals surface area contributed by atoms with Crippen LogP contribution in [-0.4, -0.2) is 11.7 Å². The number of fused-ring (bicyclic) bond motifs is 2. The molecule has 0 aliphatic carbocycles. The van der Waals surface area contributed by atoms with E-state index in [1.165, 1.54) is 24.8 Å². The van der Waals surface area contributed by atoms with Crippen molar-refractivity contribution in [2.45, 2.75) is 44.8 Å². The van der Waals surface area contributed by atoms with E-state index in [0.717, 1.165) is 53.4 Å². The van der Waals surface area contributed by atoms with Crippen LogP contribution in [0.2, 0.25) is 0 Å². The summed E-state index contributed by atoms with van der Waals surface area (Å²) in [5, 5.41) is 12.4. The second-order valence-electron chi connectivity index (χ2n) is 9.25. The number of nitrogens with zero attached hydrogens (tertiary/aromatic N) is 1. The number of aliphatic hydroxyl groups is 1. The standard InChI is InChI=1S/C32H33NO2/c1-2-3-4-12-23-35-27-21-19-26(20-22-27)32(34)28-15-8-10-17-30(28)33(24-25-13-6-5-7-14-25)31-18-11-9-16-29(31)32/h5-11,13-22,34H,2-4,12,23-24H2,1H3. The number of anilines is 2. The van der Waals surface area contributed by atoms with Gasteiger partial charge in [0, 0.05) is 29.0 Å². The highest BCUT2D eigenvalue weighted by molar-refractivity contribution is 5.79. The molecule has 0 spiro atoms. The highest BCUT2D eigenvalue weighted by atomic mass is 16.5. The number of hydrogen-bond donors (Lipinski definition) is 1. The van der Waals surface area contributed by atoms with E-state index in [-0.39, 0.29) is 0 Å². The summed E-state index contributed by atoms with van der Waals surface area (Å²) in [5.74, 6) is 0.844. The van der Waals surface area contributed by atoms with Gasteiger partial charge in [-0.2, -0.15) is 0 Å². The molecule has 0 saturated carbocycles. The molecule has 0 aromatic heterocycles. The summed E-state index contributed by atoms with van der Waals surface area (Å²) in [6.07, 6.45) is 4.73. The predicted molar refractivity (Wildman–Crippen MR) is 143 cm³/mol. The van der Waals surface area contributed by atoms with Crippen LogP contribution in [0, 0.1) is 0 Å². The van der Waals surface area contributed by atoms with E-state index in [9.17, 15) is 5.11 Å². The second kappa shape index (κ2) is 10.4. The first-order chi connectivity index (χ1) is 17.2. The molecule has 0 saturated heterocycles. The van der Waals surface area contributed by atoms with Gasteiger partial charge in [-0.25, -0.2) is 0 Å². The molecular weight excluding hydrogens is 430 g/mol. The monoisotopic (exact) mass is 463 g/mol. The lowest BCUT2D eigenvalue weighted by Crippen LogP contribution is -2.37. The van der Waals surface area contributed by atoms with Gasteiger partial charge in [0.15, 0.2) is 0 Å². The van der Waals surface area contributed by atoms with E-state index in [2.05, 4.69) is 48.2 Å². The van der Waals surface area contributed by atoms with Crippen molar-refractivity contribution < 1.29 is 9.84 Å². The first kappa shape index (κ1) is 23.2. The molecule has 4 aromatic carbocycles. The zero-order valence-corrected chi connectivity index (χ0v) is 20.4. The van der Waals surface area contributed by atoms with Gasteiger partial charge in [-0.15, -0.1) is 0 Å². The molecule has 0 radical (unpaired) electrons. The third-order valence-corrected chi connectivity index (χ3v) is 6.89. The fraction of sp³-hybridized carbons (Fsp3) is 0.250. The fourth-order valence-electron chi connectivity index (χ4n) is 5.06. The lowest BCUT2D eigenvalue weighted by molar-refractivity contribution is 0.124. The molecule has 4 aromatic rings. The van der Waals surface area contributed by atoms with Gasteiger partial charge < -0.3 is 14.7 Å². The van der Waals surface area contributed by atoms with Gasteiger partial charge in [-0.05, 0) is 41.8 Å². The van der Waals surface area contributed by atoms with Crippen LogP contribution in [0.5, 0.6) is 5.75 Å². The van der Waals surface area contributed by atoms with Crippen LogP contribution >= 0.6 is 0 Å². The van der Waals surface area contributed by atoms with Gasteiger partial charge in [0.2, 0.25) is 0 Å². The second-order valence-corrected chi connectivity index (χ2v) is 9.25. The molecule has 1 aliphatic rings. The van der Waals surface area contributed by atoms with Crippen molar-refractivity contribution in [2.75, 3.05) is 11.5 Å². The molecule has 3 nitrogen and oxygen atoms in total. The maximum absolute atomic E-state index is 12.4. The van der Waals surface area contributed by atoms with E-state index in [4.69, 9.17) is 4.74 Å². The highest BCUT2D eigenvalue weighted by Gasteiger charge is 2.43. The number of unbranched alkanes of at least 4 members (excludes halogenated alkanes) is 3. The van der Waals surface area contributed by atoms with Crippen LogP contribution in [0.15, 0.2) is 103 Å². The minimum absolute atomic E-state index is 0.726. The lowest BCUT2D eigenvalue weighted by atomic mass is 9.76. The maximum atomic E-state index is 12.4. The van der Waals surface area contributed by atoms with Crippen molar-refractivity contribution >= 4 is 11.4 Å². The molecule has 0 amide bonds. The van der Waals surface area contributed by atoms with Crippen molar-refractivity contribution in [1.82, 2.24) is 0 Å². The van der Waals surface area contributed by atoms with Gasteiger partial charge >= 0.3 is 0 Å². The van der Waals surface area contributed by atoms with Gasteiger partial charge in [-0.3, -0.25) is 0 Å². The number of hydrogen-bond acceptors (Lipinski definition) is 3. The zero-order valence-electron chi connectivity index (χ0n) is 20.4. The molecule has 0 atom stereocenters. The summed E-state index contributed by atoms with van der Waals surface area (Å²) in [6, 6.07) is 34.8. The van der Waals surface area contributed by atoms with E-state index in [0.29, 0.717) is 0 Å². The summed E-state index contributed by atoms with van der Waals surface area (Å²) in [4.78, 5) is 2.31. The number of rotatable bonds is 9. The largest absolute Gasteiger partial charge is 0.494 e. The third-order valence-electron chi connectivity index (χ3n) is 6.89. The Labute approximate surface area is 208 Å². The Hall–Kier alpha value is -3.56. The molecule has 0 bridgehead atoms. The number of ether oxygens (including phenoxy) is 1. The van der Waals surface area contributed by atoms with Crippen LogP contribution in [0.1, 0.15) is 54.9 Å². The Bertz CT molecular complexity index is 1200. The van der Waals surface area contributed by atoms with Crippen LogP contribution < -0.4 is 9.64 Å². The van der Waals surface area contributed by atoms with Gasteiger partial charge in [0.25, 0.3) is 0 Å². The average Bonchev–Trinajstić information content (AvgIpc) is 2.92. The summed E-state index contributed by atoms with van der Waals surface area (Å²) in [6.45, 7) is 3.67.